The van der Waals surface area contributed by atoms with Crippen LogP contribution in [0.25, 0.3) is 0 Å². The van der Waals surface area contributed by atoms with Gasteiger partial charge in [0.2, 0.25) is 0 Å². The van der Waals surface area contributed by atoms with Gasteiger partial charge in [-0.3, -0.25) is 0 Å². The molecule has 0 saturated carbocycles. The number of carboxylic acids is 1. The number of ether oxygens (including phenoxy) is 1. The highest BCUT2D eigenvalue weighted by Crippen LogP contribution is 2.30. The Bertz CT molecular complexity index is 411. The summed E-state index contributed by atoms with van der Waals surface area (Å²) in [6.07, 6.45) is 1.80. The number of benzene rings is 1. The standard InChI is InChI=1S/C13H17NO3/c14-9-11-4-1-3-10(7-11)8-13(12(15)16)5-2-6-17-13/h1,3-4,7H,2,5-6,8-9,14H2,(H,15,16). The summed E-state index contributed by atoms with van der Waals surface area (Å²) in [7, 11) is 0. The molecule has 0 amide bonds. The fourth-order valence-electron chi connectivity index (χ4n) is 2.28. The first-order valence-corrected chi connectivity index (χ1v) is 5.81. The molecule has 92 valence electrons. The molecule has 0 spiro atoms. The molecule has 2 rings (SSSR count). The molecule has 1 saturated heterocycles. The fourth-order valence-corrected chi connectivity index (χ4v) is 2.28. The van der Waals surface area contributed by atoms with Crippen LogP contribution in [-0.4, -0.2) is 23.3 Å². The van der Waals surface area contributed by atoms with Gasteiger partial charge in [-0.1, -0.05) is 24.3 Å². The van der Waals surface area contributed by atoms with Gasteiger partial charge in [0.1, 0.15) is 0 Å². The molecule has 3 N–H and O–H groups in total. The number of aliphatic carboxylic acids is 1. The second-order valence-electron chi connectivity index (χ2n) is 4.45. The molecule has 17 heavy (non-hydrogen) atoms. The summed E-state index contributed by atoms with van der Waals surface area (Å²) < 4.78 is 5.45. The number of hydrogen-bond acceptors (Lipinski definition) is 3. The van der Waals surface area contributed by atoms with E-state index in [-0.39, 0.29) is 0 Å². The number of carbonyl (C=O) groups is 1. The lowest BCUT2D eigenvalue weighted by atomic mass is 9.91. The van der Waals surface area contributed by atoms with Crippen LogP contribution in [0.2, 0.25) is 0 Å². The third kappa shape index (κ3) is 2.48. The monoisotopic (exact) mass is 235 g/mol. The molecule has 0 radical (unpaired) electrons. The largest absolute Gasteiger partial charge is 0.479 e. The van der Waals surface area contributed by atoms with Gasteiger partial charge in [0.05, 0.1) is 0 Å². The molecular formula is C13H17NO3. The molecule has 4 heteroatoms. The van der Waals surface area contributed by atoms with E-state index in [2.05, 4.69) is 0 Å². The topological polar surface area (TPSA) is 72.6 Å². The molecule has 1 atom stereocenters. The molecular weight excluding hydrogens is 218 g/mol. The Kier molecular flexibility index (Phi) is 3.45. The Morgan fingerprint density at radius 2 is 2.24 bits per heavy atom. The Hall–Kier alpha value is -1.39. The van der Waals surface area contributed by atoms with E-state index in [1.807, 2.05) is 24.3 Å². The van der Waals surface area contributed by atoms with Crippen LogP contribution >= 0.6 is 0 Å². The van der Waals surface area contributed by atoms with Crippen molar-refractivity contribution in [1.82, 2.24) is 0 Å². The molecule has 1 aromatic carbocycles. The lowest BCUT2D eigenvalue weighted by molar-refractivity contribution is -0.159. The van der Waals surface area contributed by atoms with Gasteiger partial charge in [0.15, 0.2) is 5.60 Å². The van der Waals surface area contributed by atoms with Gasteiger partial charge in [-0.15, -0.1) is 0 Å². The van der Waals surface area contributed by atoms with Crippen LogP contribution in [0, 0.1) is 0 Å². The van der Waals surface area contributed by atoms with E-state index in [9.17, 15) is 9.90 Å². The Morgan fingerprint density at radius 3 is 2.82 bits per heavy atom. The lowest BCUT2D eigenvalue weighted by Crippen LogP contribution is -2.40. The number of nitrogens with two attached hydrogens (primary N) is 1. The van der Waals surface area contributed by atoms with Gasteiger partial charge >= 0.3 is 5.97 Å². The van der Waals surface area contributed by atoms with Crippen molar-refractivity contribution in [2.75, 3.05) is 6.61 Å². The van der Waals surface area contributed by atoms with Crippen LogP contribution in [0.1, 0.15) is 24.0 Å². The number of carboxylic acid groups (broad SMARTS) is 1. The third-order valence-electron chi connectivity index (χ3n) is 3.21. The summed E-state index contributed by atoms with van der Waals surface area (Å²) in [5.74, 6) is -0.867. The second-order valence-corrected chi connectivity index (χ2v) is 4.45. The van der Waals surface area contributed by atoms with E-state index < -0.39 is 11.6 Å². The molecule has 1 aliphatic rings. The Balaban J connectivity index is 2.20. The van der Waals surface area contributed by atoms with Crippen molar-refractivity contribution >= 4 is 5.97 Å². The molecule has 1 heterocycles. The zero-order chi connectivity index (χ0) is 12.3. The van der Waals surface area contributed by atoms with Crippen LogP contribution in [0.4, 0.5) is 0 Å². The molecule has 1 fully saturated rings. The van der Waals surface area contributed by atoms with E-state index in [0.29, 0.717) is 26.0 Å². The van der Waals surface area contributed by atoms with E-state index in [4.69, 9.17) is 10.5 Å². The van der Waals surface area contributed by atoms with E-state index in [0.717, 1.165) is 17.5 Å². The molecule has 1 aliphatic heterocycles. The summed E-state index contributed by atoms with van der Waals surface area (Å²) in [4.78, 5) is 11.3. The zero-order valence-corrected chi connectivity index (χ0v) is 9.69. The summed E-state index contributed by atoms with van der Waals surface area (Å²) in [6, 6.07) is 7.71. The predicted molar refractivity (Wildman–Crippen MR) is 63.6 cm³/mol. The normalized spacial score (nSPS) is 23.8. The van der Waals surface area contributed by atoms with Crippen LogP contribution in [-0.2, 0) is 22.5 Å². The molecule has 1 unspecified atom stereocenters. The van der Waals surface area contributed by atoms with Gasteiger partial charge in [-0.05, 0) is 24.0 Å². The highest BCUT2D eigenvalue weighted by molar-refractivity contribution is 5.78. The molecule has 0 aliphatic carbocycles. The third-order valence-corrected chi connectivity index (χ3v) is 3.21. The maximum Gasteiger partial charge on any atom is 0.336 e. The minimum atomic E-state index is -1.03. The average molecular weight is 235 g/mol. The van der Waals surface area contributed by atoms with Crippen LogP contribution in [0.5, 0.6) is 0 Å². The van der Waals surface area contributed by atoms with Gasteiger partial charge in [-0.2, -0.15) is 0 Å². The quantitative estimate of drug-likeness (QED) is 0.825. The van der Waals surface area contributed by atoms with Crippen LogP contribution in [0.15, 0.2) is 24.3 Å². The molecule has 0 bridgehead atoms. The van der Waals surface area contributed by atoms with Crippen molar-refractivity contribution in [3.05, 3.63) is 35.4 Å². The minimum absolute atomic E-state index is 0.413. The number of rotatable bonds is 4. The van der Waals surface area contributed by atoms with Crippen molar-refractivity contribution in [2.24, 2.45) is 5.73 Å². The maximum absolute atomic E-state index is 11.3. The van der Waals surface area contributed by atoms with Gasteiger partial charge in [-0.25, -0.2) is 4.79 Å². The average Bonchev–Trinajstić information content (AvgIpc) is 2.79. The van der Waals surface area contributed by atoms with Crippen LogP contribution in [0.3, 0.4) is 0 Å². The Morgan fingerprint density at radius 1 is 1.47 bits per heavy atom. The summed E-state index contributed by atoms with van der Waals surface area (Å²) >= 11 is 0. The highest BCUT2D eigenvalue weighted by atomic mass is 16.5. The Labute approximate surface area is 100 Å². The predicted octanol–water partition coefficient (Wildman–Crippen LogP) is 1.32. The molecule has 0 aromatic heterocycles. The lowest BCUT2D eigenvalue weighted by Gasteiger charge is -2.23. The zero-order valence-electron chi connectivity index (χ0n) is 9.69. The minimum Gasteiger partial charge on any atom is -0.479 e. The van der Waals surface area contributed by atoms with Crippen molar-refractivity contribution in [2.45, 2.75) is 31.4 Å². The smallest absolute Gasteiger partial charge is 0.336 e. The number of hydrogen-bond donors (Lipinski definition) is 2. The highest BCUT2D eigenvalue weighted by Gasteiger charge is 2.42. The van der Waals surface area contributed by atoms with Crippen molar-refractivity contribution in [1.29, 1.82) is 0 Å². The first kappa shape index (κ1) is 12.1. The first-order chi connectivity index (χ1) is 8.16. The van der Waals surface area contributed by atoms with Crippen LogP contribution < -0.4 is 5.73 Å². The van der Waals surface area contributed by atoms with Crippen molar-refractivity contribution in [3.8, 4) is 0 Å². The maximum atomic E-state index is 11.3. The molecule has 4 nitrogen and oxygen atoms in total. The second kappa shape index (κ2) is 4.85. The first-order valence-electron chi connectivity index (χ1n) is 5.81. The van der Waals surface area contributed by atoms with Gasteiger partial charge in [0, 0.05) is 19.6 Å². The van der Waals surface area contributed by atoms with Gasteiger partial charge in [0.25, 0.3) is 0 Å². The SMILES string of the molecule is NCc1cccc(CC2(C(=O)O)CCCO2)c1. The summed E-state index contributed by atoms with van der Waals surface area (Å²) in [5, 5.41) is 9.30. The van der Waals surface area contributed by atoms with E-state index in [1.165, 1.54) is 0 Å². The fraction of sp³-hybridized carbons (Fsp3) is 0.462. The summed E-state index contributed by atoms with van der Waals surface area (Å²) in [5.41, 5.74) is 6.52. The van der Waals surface area contributed by atoms with Crippen molar-refractivity contribution < 1.29 is 14.6 Å². The molecule has 1 aromatic rings. The van der Waals surface area contributed by atoms with E-state index >= 15 is 0 Å². The van der Waals surface area contributed by atoms with E-state index in [1.54, 1.807) is 0 Å². The van der Waals surface area contributed by atoms with Crippen molar-refractivity contribution in [3.63, 3.8) is 0 Å². The summed E-state index contributed by atoms with van der Waals surface area (Å²) in [6.45, 7) is 0.998. The van der Waals surface area contributed by atoms with Gasteiger partial charge < -0.3 is 15.6 Å².